The fourth-order valence-electron chi connectivity index (χ4n) is 1.30. The van der Waals surface area contributed by atoms with E-state index in [0.717, 1.165) is 12.1 Å². The molecule has 0 fully saturated rings. The molecule has 1 aromatic rings. The first-order chi connectivity index (χ1) is 9.69. The van der Waals surface area contributed by atoms with Crippen LogP contribution in [0.1, 0.15) is 10.4 Å². The van der Waals surface area contributed by atoms with Gasteiger partial charge in [-0.1, -0.05) is 0 Å². The molecule has 21 heavy (non-hydrogen) atoms. The van der Waals surface area contributed by atoms with Gasteiger partial charge < -0.3 is 20.8 Å². The van der Waals surface area contributed by atoms with Crippen LogP contribution in [-0.2, 0) is 0 Å². The van der Waals surface area contributed by atoms with Crippen LogP contribution in [0.5, 0.6) is 5.75 Å². The van der Waals surface area contributed by atoms with Crippen molar-refractivity contribution in [3.63, 3.8) is 0 Å². The summed E-state index contributed by atoms with van der Waals surface area (Å²) in [6, 6.07) is 2.59. The van der Waals surface area contributed by atoms with Gasteiger partial charge in [0.15, 0.2) is 0 Å². The molecule has 0 aliphatic heterocycles. The van der Waals surface area contributed by atoms with Gasteiger partial charge in [-0.2, -0.15) is 13.2 Å². The Bertz CT molecular complexity index is 537. The monoisotopic (exact) mass is 324 g/mol. The van der Waals surface area contributed by atoms with E-state index in [0.29, 0.717) is 0 Å². The number of halogens is 3. The summed E-state index contributed by atoms with van der Waals surface area (Å²) >= 11 is -0.258. The summed E-state index contributed by atoms with van der Waals surface area (Å²) in [4.78, 5) is 22.0. The van der Waals surface area contributed by atoms with Crippen molar-refractivity contribution in [3.05, 3.63) is 23.8 Å². The van der Waals surface area contributed by atoms with E-state index < -0.39 is 23.3 Å². The number of anilines is 1. The lowest BCUT2D eigenvalue weighted by molar-refractivity contribution is -0.0327. The highest BCUT2D eigenvalue weighted by atomic mass is 32.2. The van der Waals surface area contributed by atoms with Crippen LogP contribution in [0.25, 0.3) is 0 Å². The second-order valence-corrected chi connectivity index (χ2v) is 4.87. The fraction of sp³-hybridized carbons (Fsp3) is 0.273. The normalized spacial score (nSPS) is 11.0. The van der Waals surface area contributed by atoms with Crippen molar-refractivity contribution in [2.45, 2.75) is 5.51 Å². The summed E-state index contributed by atoms with van der Waals surface area (Å²) < 4.78 is 35.5. The Hall–Kier alpha value is -2.10. The highest BCUT2D eigenvalue weighted by molar-refractivity contribution is 8.00. The molecule has 0 atom stereocenters. The standard InChI is InChI=1S/C11H11F3N2O4S/c12-11(13,14)21-4-3-15-10(20)16-6-1-2-7(9(18)19)8(17)5-6/h1-2,5,17H,3-4H2,(H,18,19)(H2,15,16,20). The van der Waals surface area contributed by atoms with Crippen LogP contribution in [0.3, 0.4) is 0 Å². The molecule has 0 spiro atoms. The molecule has 0 aliphatic carbocycles. The maximum atomic E-state index is 11.8. The molecule has 0 aromatic heterocycles. The van der Waals surface area contributed by atoms with Crippen molar-refractivity contribution in [3.8, 4) is 5.75 Å². The molecule has 0 saturated carbocycles. The first-order valence-electron chi connectivity index (χ1n) is 5.51. The van der Waals surface area contributed by atoms with E-state index in [-0.39, 0.29) is 35.3 Å². The molecule has 4 N–H and O–H groups in total. The second-order valence-electron chi connectivity index (χ2n) is 3.71. The summed E-state index contributed by atoms with van der Waals surface area (Å²) in [5, 5.41) is 22.5. The van der Waals surface area contributed by atoms with Gasteiger partial charge in [-0.05, 0) is 23.9 Å². The average Bonchev–Trinajstić information content (AvgIpc) is 2.33. The van der Waals surface area contributed by atoms with E-state index in [1.54, 1.807) is 0 Å². The van der Waals surface area contributed by atoms with Gasteiger partial charge in [-0.3, -0.25) is 0 Å². The first kappa shape index (κ1) is 17.0. The quantitative estimate of drug-likeness (QED) is 0.624. The lowest BCUT2D eigenvalue weighted by Gasteiger charge is -2.09. The van der Waals surface area contributed by atoms with Crippen molar-refractivity contribution in [1.29, 1.82) is 0 Å². The number of aromatic hydroxyl groups is 1. The maximum Gasteiger partial charge on any atom is 0.441 e. The molecule has 1 aromatic carbocycles. The highest BCUT2D eigenvalue weighted by Gasteiger charge is 2.27. The Balaban J connectivity index is 2.45. The minimum atomic E-state index is -4.35. The molecule has 0 bridgehead atoms. The number of hydrogen-bond donors (Lipinski definition) is 4. The SMILES string of the molecule is O=C(NCCSC(F)(F)F)Nc1ccc(C(=O)O)c(O)c1. The number of rotatable bonds is 5. The molecule has 10 heteroatoms. The van der Waals surface area contributed by atoms with Crippen LogP contribution in [0.15, 0.2) is 18.2 Å². The van der Waals surface area contributed by atoms with Crippen LogP contribution < -0.4 is 10.6 Å². The van der Waals surface area contributed by atoms with Crippen LogP contribution in [0.2, 0.25) is 0 Å². The van der Waals surface area contributed by atoms with Crippen LogP contribution in [-0.4, -0.2) is 40.0 Å². The molecule has 0 radical (unpaired) electrons. The number of benzene rings is 1. The average molecular weight is 324 g/mol. The van der Waals surface area contributed by atoms with Gasteiger partial charge in [0.1, 0.15) is 11.3 Å². The molecule has 0 heterocycles. The number of urea groups is 1. The van der Waals surface area contributed by atoms with Gasteiger partial charge in [-0.15, -0.1) is 0 Å². The molecular weight excluding hydrogens is 313 g/mol. The Kier molecular flexibility index (Phi) is 5.70. The first-order valence-corrected chi connectivity index (χ1v) is 6.49. The number of hydrogen-bond acceptors (Lipinski definition) is 4. The predicted octanol–water partition coefficient (Wildman–Crippen LogP) is 2.46. The fourth-order valence-corrected chi connectivity index (χ4v) is 1.73. The number of aromatic carboxylic acids is 1. The van der Waals surface area contributed by atoms with E-state index in [2.05, 4.69) is 10.6 Å². The summed E-state index contributed by atoms with van der Waals surface area (Å²) in [6.07, 6.45) is 0. The number of amides is 2. The minimum absolute atomic E-state index is 0.110. The smallest absolute Gasteiger partial charge is 0.441 e. The van der Waals surface area contributed by atoms with E-state index >= 15 is 0 Å². The predicted molar refractivity (Wildman–Crippen MR) is 70.6 cm³/mol. The lowest BCUT2D eigenvalue weighted by Crippen LogP contribution is -2.31. The number of phenols is 1. The zero-order chi connectivity index (χ0) is 16.0. The largest absolute Gasteiger partial charge is 0.507 e. The third kappa shape index (κ3) is 6.25. The van der Waals surface area contributed by atoms with Crippen molar-refractivity contribution >= 4 is 29.4 Å². The van der Waals surface area contributed by atoms with Crippen LogP contribution in [0.4, 0.5) is 23.7 Å². The number of carbonyl (C=O) groups is 2. The van der Waals surface area contributed by atoms with Gasteiger partial charge in [-0.25, -0.2) is 9.59 Å². The van der Waals surface area contributed by atoms with E-state index in [4.69, 9.17) is 5.11 Å². The van der Waals surface area contributed by atoms with Crippen LogP contribution in [0, 0.1) is 0 Å². The number of nitrogens with one attached hydrogen (secondary N) is 2. The zero-order valence-corrected chi connectivity index (χ0v) is 11.2. The molecular formula is C11H11F3N2O4S. The van der Waals surface area contributed by atoms with E-state index in [1.807, 2.05) is 0 Å². The molecule has 1 rings (SSSR count). The summed E-state index contributed by atoms with van der Waals surface area (Å²) in [6.45, 7) is -0.199. The topological polar surface area (TPSA) is 98.7 Å². The molecule has 0 unspecified atom stereocenters. The van der Waals surface area contributed by atoms with E-state index in [9.17, 15) is 27.9 Å². The Morgan fingerprint density at radius 2 is 1.95 bits per heavy atom. The Morgan fingerprint density at radius 3 is 2.48 bits per heavy atom. The molecule has 116 valence electrons. The summed E-state index contributed by atoms with van der Waals surface area (Å²) in [7, 11) is 0. The number of thioether (sulfide) groups is 1. The Morgan fingerprint density at radius 1 is 1.29 bits per heavy atom. The summed E-state index contributed by atoms with van der Waals surface area (Å²) in [5.41, 5.74) is -4.57. The Labute approximate surface area is 121 Å². The van der Waals surface area contributed by atoms with Gasteiger partial charge >= 0.3 is 17.5 Å². The molecule has 6 nitrogen and oxygen atoms in total. The molecule has 0 aliphatic rings. The van der Waals surface area contributed by atoms with Crippen molar-refractivity contribution in [1.82, 2.24) is 5.32 Å². The number of carboxylic acid groups (broad SMARTS) is 1. The minimum Gasteiger partial charge on any atom is -0.507 e. The van der Waals surface area contributed by atoms with Gasteiger partial charge in [0, 0.05) is 24.1 Å². The van der Waals surface area contributed by atoms with E-state index in [1.165, 1.54) is 6.07 Å². The zero-order valence-electron chi connectivity index (χ0n) is 10.4. The lowest BCUT2D eigenvalue weighted by atomic mass is 10.2. The summed E-state index contributed by atoms with van der Waals surface area (Å²) in [5.74, 6) is -2.19. The molecule has 2 amide bonds. The van der Waals surface area contributed by atoms with Crippen LogP contribution >= 0.6 is 11.8 Å². The third-order valence-corrected chi connectivity index (χ3v) is 2.87. The number of carboxylic acids is 1. The molecule has 0 saturated heterocycles. The van der Waals surface area contributed by atoms with Gasteiger partial charge in [0.05, 0.1) is 0 Å². The maximum absolute atomic E-state index is 11.8. The van der Waals surface area contributed by atoms with Crippen molar-refractivity contribution < 1.29 is 33.0 Å². The van der Waals surface area contributed by atoms with Crippen molar-refractivity contribution in [2.24, 2.45) is 0 Å². The van der Waals surface area contributed by atoms with Gasteiger partial charge in [0.25, 0.3) is 0 Å². The third-order valence-electron chi connectivity index (χ3n) is 2.14. The van der Waals surface area contributed by atoms with Gasteiger partial charge in [0.2, 0.25) is 0 Å². The second kappa shape index (κ2) is 7.07. The highest BCUT2D eigenvalue weighted by Crippen LogP contribution is 2.29. The number of alkyl halides is 3. The number of carbonyl (C=O) groups excluding carboxylic acids is 1. The van der Waals surface area contributed by atoms with Crippen molar-refractivity contribution in [2.75, 3.05) is 17.6 Å².